The first kappa shape index (κ1) is 14.5. The second-order valence-electron chi connectivity index (χ2n) is 3.53. The number of aliphatic hydroxyl groups is 2. The summed E-state index contributed by atoms with van der Waals surface area (Å²) in [6, 6.07) is 2.94. The van der Waals surface area contributed by atoms with Crippen LogP contribution in [0, 0.1) is 10.1 Å². The molecule has 0 aliphatic heterocycles. The molecule has 0 saturated heterocycles. The molecular weight excluding hydrogens is 262 g/mol. The van der Waals surface area contributed by atoms with Crippen LogP contribution in [0.2, 0.25) is 0 Å². The maximum Gasteiger partial charge on any atom is 0.336 e. The highest BCUT2D eigenvalue weighted by Crippen LogP contribution is 2.30. The topological polar surface area (TPSA) is 158 Å². The number of rotatable bonds is 5. The van der Waals surface area contributed by atoms with Gasteiger partial charge >= 0.3 is 11.9 Å². The average molecular weight is 271 g/mol. The molecule has 0 fully saturated rings. The van der Waals surface area contributed by atoms with E-state index < -0.39 is 45.9 Å². The van der Waals surface area contributed by atoms with Crippen LogP contribution in [0.15, 0.2) is 18.2 Å². The predicted octanol–water partition coefficient (Wildman–Crippen LogP) is -0.228. The first-order valence-electron chi connectivity index (χ1n) is 4.87. The second kappa shape index (κ2) is 5.42. The number of nitro benzene ring substituents is 1. The SMILES string of the molecule is O=C(O)c1cccc([N+](=O)[O-])c1C(O)C(O)C(=O)O. The smallest absolute Gasteiger partial charge is 0.336 e. The molecule has 0 aliphatic rings. The molecule has 0 saturated carbocycles. The first-order chi connectivity index (χ1) is 8.77. The molecule has 0 aliphatic carbocycles. The van der Waals surface area contributed by atoms with E-state index in [1.807, 2.05) is 0 Å². The number of hydrogen-bond donors (Lipinski definition) is 4. The molecule has 0 radical (unpaired) electrons. The molecule has 9 nitrogen and oxygen atoms in total. The molecule has 0 heterocycles. The molecule has 1 aromatic carbocycles. The second-order valence-corrected chi connectivity index (χ2v) is 3.53. The molecule has 0 aromatic heterocycles. The largest absolute Gasteiger partial charge is 0.479 e. The number of carboxylic acids is 2. The molecule has 19 heavy (non-hydrogen) atoms. The molecule has 1 rings (SSSR count). The highest BCUT2D eigenvalue weighted by atomic mass is 16.6. The molecule has 2 unspecified atom stereocenters. The first-order valence-corrected chi connectivity index (χ1v) is 4.87. The third kappa shape index (κ3) is 2.84. The van der Waals surface area contributed by atoms with Crippen LogP contribution in [-0.2, 0) is 4.79 Å². The van der Waals surface area contributed by atoms with Crippen molar-refractivity contribution in [2.75, 3.05) is 0 Å². The predicted molar refractivity (Wildman–Crippen MR) is 58.7 cm³/mol. The Hall–Kier alpha value is -2.52. The van der Waals surface area contributed by atoms with Crippen molar-refractivity contribution < 1.29 is 34.9 Å². The normalized spacial score (nSPS) is 13.6. The van der Waals surface area contributed by atoms with Crippen molar-refractivity contribution in [1.29, 1.82) is 0 Å². The van der Waals surface area contributed by atoms with Crippen molar-refractivity contribution in [3.8, 4) is 0 Å². The van der Waals surface area contributed by atoms with E-state index >= 15 is 0 Å². The highest BCUT2D eigenvalue weighted by Gasteiger charge is 2.34. The number of aliphatic hydroxyl groups excluding tert-OH is 2. The lowest BCUT2D eigenvalue weighted by Gasteiger charge is -2.16. The van der Waals surface area contributed by atoms with Crippen LogP contribution in [0.3, 0.4) is 0 Å². The summed E-state index contributed by atoms with van der Waals surface area (Å²) in [5.74, 6) is -3.42. The molecule has 0 spiro atoms. The summed E-state index contributed by atoms with van der Waals surface area (Å²) in [5, 5.41) is 47.0. The zero-order valence-corrected chi connectivity index (χ0v) is 9.26. The van der Waals surface area contributed by atoms with Gasteiger partial charge < -0.3 is 20.4 Å². The number of hydrogen-bond acceptors (Lipinski definition) is 6. The van der Waals surface area contributed by atoms with E-state index in [-0.39, 0.29) is 0 Å². The maximum atomic E-state index is 10.9. The van der Waals surface area contributed by atoms with Gasteiger partial charge in [0, 0.05) is 6.07 Å². The van der Waals surface area contributed by atoms with E-state index in [0.29, 0.717) is 0 Å². The lowest BCUT2D eigenvalue weighted by atomic mass is 9.96. The Morgan fingerprint density at radius 1 is 1.21 bits per heavy atom. The van der Waals surface area contributed by atoms with Gasteiger partial charge in [-0.3, -0.25) is 10.1 Å². The number of nitrogens with zero attached hydrogens (tertiary/aromatic N) is 1. The minimum atomic E-state index is -2.38. The standard InChI is InChI=1S/C10H9NO8/c12-7(8(13)10(16)17)6-4(9(14)15)2-1-3-5(6)11(18)19/h1-3,7-8,12-13H,(H,14,15)(H,16,17). The zero-order valence-electron chi connectivity index (χ0n) is 9.26. The Morgan fingerprint density at radius 2 is 1.79 bits per heavy atom. The Morgan fingerprint density at radius 3 is 2.21 bits per heavy atom. The molecular formula is C10H9NO8. The van der Waals surface area contributed by atoms with Gasteiger partial charge in [-0.1, -0.05) is 6.07 Å². The molecule has 4 N–H and O–H groups in total. The van der Waals surface area contributed by atoms with Gasteiger partial charge in [0.2, 0.25) is 0 Å². The summed E-state index contributed by atoms with van der Waals surface area (Å²) in [5.41, 5.74) is -2.19. The number of carbonyl (C=O) groups is 2. The Kier molecular flexibility index (Phi) is 4.14. The van der Waals surface area contributed by atoms with Crippen molar-refractivity contribution >= 4 is 17.6 Å². The molecule has 102 valence electrons. The summed E-state index contributed by atoms with van der Waals surface area (Å²) in [4.78, 5) is 31.3. The van der Waals surface area contributed by atoms with Gasteiger partial charge in [0.25, 0.3) is 5.69 Å². The van der Waals surface area contributed by atoms with Gasteiger partial charge in [-0.05, 0) is 6.07 Å². The molecule has 2 atom stereocenters. The molecule has 9 heteroatoms. The molecule has 0 amide bonds. The maximum absolute atomic E-state index is 10.9. The lowest BCUT2D eigenvalue weighted by molar-refractivity contribution is -0.386. The Labute approximate surface area is 105 Å². The summed E-state index contributed by atoms with van der Waals surface area (Å²) < 4.78 is 0. The van der Waals surface area contributed by atoms with Crippen LogP contribution in [-0.4, -0.2) is 43.4 Å². The molecule has 0 bridgehead atoms. The fourth-order valence-electron chi connectivity index (χ4n) is 1.50. The van der Waals surface area contributed by atoms with Gasteiger partial charge in [0.1, 0.15) is 6.10 Å². The van der Waals surface area contributed by atoms with Crippen LogP contribution >= 0.6 is 0 Å². The van der Waals surface area contributed by atoms with Crippen molar-refractivity contribution in [2.24, 2.45) is 0 Å². The third-order valence-electron chi connectivity index (χ3n) is 2.36. The number of aliphatic carboxylic acids is 1. The summed E-state index contributed by atoms with van der Waals surface area (Å²) in [6.07, 6.45) is -4.61. The van der Waals surface area contributed by atoms with Gasteiger partial charge in [0.05, 0.1) is 16.1 Å². The van der Waals surface area contributed by atoms with E-state index in [2.05, 4.69) is 0 Å². The number of nitro groups is 1. The van der Waals surface area contributed by atoms with Gasteiger partial charge in [0.15, 0.2) is 6.10 Å². The minimum absolute atomic E-state index is 0.651. The zero-order chi connectivity index (χ0) is 14.7. The number of carboxylic acid groups (broad SMARTS) is 2. The van der Waals surface area contributed by atoms with Gasteiger partial charge in [-0.2, -0.15) is 0 Å². The van der Waals surface area contributed by atoms with Crippen molar-refractivity contribution in [2.45, 2.75) is 12.2 Å². The van der Waals surface area contributed by atoms with Crippen LogP contribution in [0.1, 0.15) is 22.0 Å². The number of aromatic carboxylic acids is 1. The van der Waals surface area contributed by atoms with E-state index in [1.165, 1.54) is 0 Å². The fraction of sp³-hybridized carbons (Fsp3) is 0.200. The van der Waals surface area contributed by atoms with E-state index in [4.69, 9.17) is 10.2 Å². The monoisotopic (exact) mass is 271 g/mol. The summed E-state index contributed by atoms with van der Waals surface area (Å²) >= 11 is 0. The van der Waals surface area contributed by atoms with Crippen molar-refractivity contribution in [1.82, 2.24) is 0 Å². The minimum Gasteiger partial charge on any atom is -0.479 e. The highest BCUT2D eigenvalue weighted by molar-refractivity contribution is 5.91. The van der Waals surface area contributed by atoms with Crippen LogP contribution in [0.5, 0.6) is 0 Å². The Balaban J connectivity index is 3.49. The van der Waals surface area contributed by atoms with Gasteiger partial charge in [-0.25, -0.2) is 9.59 Å². The van der Waals surface area contributed by atoms with E-state index in [9.17, 15) is 29.9 Å². The average Bonchev–Trinajstić information content (AvgIpc) is 2.35. The lowest BCUT2D eigenvalue weighted by Crippen LogP contribution is -2.29. The van der Waals surface area contributed by atoms with Crippen molar-refractivity contribution in [3.05, 3.63) is 39.4 Å². The van der Waals surface area contributed by atoms with Crippen LogP contribution < -0.4 is 0 Å². The van der Waals surface area contributed by atoms with Crippen LogP contribution in [0.25, 0.3) is 0 Å². The summed E-state index contributed by atoms with van der Waals surface area (Å²) in [6.45, 7) is 0. The van der Waals surface area contributed by atoms with Crippen LogP contribution in [0.4, 0.5) is 5.69 Å². The number of benzene rings is 1. The van der Waals surface area contributed by atoms with Crippen molar-refractivity contribution in [3.63, 3.8) is 0 Å². The Bertz CT molecular complexity index is 508. The summed E-state index contributed by atoms with van der Waals surface area (Å²) in [7, 11) is 0. The fourth-order valence-corrected chi connectivity index (χ4v) is 1.50. The van der Waals surface area contributed by atoms with E-state index in [1.54, 1.807) is 0 Å². The quantitative estimate of drug-likeness (QED) is 0.422. The van der Waals surface area contributed by atoms with Gasteiger partial charge in [-0.15, -0.1) is 0 Å². The van der Waals surface area contributed by atoms with E-state index in [0.717, 1.165) is 18.2 Å². The third-order valence-corrected chi connectivity index (χ3v) is 2.36. The molecule has 1 aromatic rings.